The Morgan fingerprint density at radius 2 is 2.15 bits per heavy atom. The van der Waals surface area contributed by atoms with Crippen LogP contribution in [0.5, 0.6) is 5.75 Å². The Labute approximate surface area is 157 Å². The summed E-state index contributed by atoms with van der Waals surface area (Å²) in [7, 11) is 0. The summed E-state index contributed by atoms with van der Waals surface area (Å²) < 4.78 is 5.56. The topological polar surface area (TPSA) is 109 Å². The Hall–Kier alpha value is -3.17. The van der Waals surface area contributed by atoms with Crippen molar-refractivity contribution in [3.8, 4) is 11.8 Å². The van der Waals surface area contributed by atoms with Crippen LogP contribution in [0.15, 0.2) is 41.4 Å². The molecule has 1 amide bonds. The number of nitriles is 1. The molecule has 6 heteroatoms. The number of nitrogens with two attached hydrogens (primary N) is 1. The number of nitrogens with zero attached hydrogens (tertiary/aromatic N) is 2. The van der Waals surface area contributed by atoms with Crippen LogP contribution < -0.4 is 10.5 Å². The number of aliphatic hydroxyl groups is 1. The molecule has 0 saturated heterocycles. The molecule has 2 aromatic rings. The molecular weight excluding hydrogens is 342 g/mol. The van der Waals surface area contributed by atoms with E-state index in [0.29, 0.717) is 24.2 Å². The number of aliphatic hydroxyl groups excluding tert-OH is 1. The van der Waals surface area contributed by atoms with E-state index in [1.54, 1.807) is 24.3 Å². The van der Waals surface area contributed by atoms with Crippen LogP contribution in [0, 0.1) is 11.3 Å². The molecule has 3 rings (SSSR count). The largest absolute Gasteiger partial charge is 0.490 e. The summed E-state index contributed by atoms with van der Waals surface area (Å²) in [5.74, 6) is -0.000854. The maximum Gasteiger partial charge on any atom is 0.278 e. The fraction of sp³-hybridized carbons (Fsp3) is 0.286. The van der Waals surface area contributed by atoms with Gasteiger partial charge in [-0.3, -0.25) is 4.79 Å². The van der Waals surface area contributed by atoms with Crippen LogP contribution in [0.2, 0.25) is 0 Å². The first kappa shape index (κ1) is 18.6. The van der Waals surface area contributed by atoms with Crippen molar-refractivity contribution >= 4 is 11.7 Å². The first-order valence-corrected chi connectivity index (χ1v) is 8.80. The van der Waals surface area contributed by atoms with Crippen LogP contribution in [0.25, 0.3) is 0 Å². The van der Waals surface area contributed by atoms with Crippen LogP contribution in [0.4, 0.5) is 0 Å². The molecule has 27 heavy (non-hydrogen) atoms. The van der Waals surface area contributed by atoms with Gasteiger partial charge < -0.3 is 15.6 Å². The highest BCUT2D eigenvalue weighted by Gasteiger charge is 2.23. The Kier molecular flexibility index (Phi) is 5.24. The molecule has 6 nitrogen and oxygen atoms in total. The van der Waals surface area contributed by atoms with Crippen LogP contribution in [-0.2, 0) is 6.42 Å². The lowest BCUT2D eigenvalue weighted by Gasteiger charge is -2.11. The standard InChI is InChI=1S/C21H21N3O3/c1-12(2)27-19-9-6-13(10-14(19)11-22)21(26)24-20(23)17-5-3-4-16-15(17)7-8-18(16)25/h3-6,9-10,12,18,25H,7-8H2,1-2H3,(H2,23,24,26). The highest BCUT2D eigenvalue weighted by Crippen LogP contribution is 2.33. The predicted octanol–water partition coefficient (Wildman–Crippen LogP) is 2.87. The second kappa shape index (κ2) is 7.60. The van der Waals surface area contributed by atoms with Crippen LogP contribution in [0.3, 0.4) is 0 Å². The van der Waals surface area contributed by atoms with Gasteiger partial charge in [-0.2, -0.15) is 10.3 Å². The van der Waals surface area contributed by atoms with E-state index < -0.39 is 12.0 Å². The zero-order valence-electron chi connectivity index (χ0n) is 15.3. The minimum atomic E-state index is -0.531. The molecule has 0 heterocycles. The van der Waals surface area contributed by atoms with E-state index >= 15 is 0 Å². The van der Waals surface area contributed by atoms with Crippen LogP contribution in [-0.4, -0.2) is 23.0 Å². The van der Waals surface area contributed by atoms with E-state index in [1.807, 2.05) is 26.0 Å². The SMILES string of the molecule is CC(C)Oc1ccc(C(=O)N=C(N)c2cccc3c2CCC3O)cc1C#N. The van der Waals surface area contributed by atoms with Gasteiger partial charge in [-0.15, -0.1) is 0 Å². The molecule has 1 aliphatic rings. The van der Waals surface area contributed by atoms with E-state index in [0.717, 1.165) is 11.1 Å². The van der Waals surface area contributed by atoms with Crippen molar-refractivity contribution in [1.29, 1.82) is 5.26 Å². The zero-order chi connectivity index (χ0) is 19.6. The predicted molar refractivity (Wildman–Crippen MR) is 102 cm³/mol. The number of fused-ring (bicyclic) bond motifs is 1. The molecule has 138 valence electrons. The Bertz CT molecular complexity index is 958. The van der Waals surface area contributed by atoms with Crippen LogP contribution in [0.1, 0.15) is 59.0 Å². The van der Waals surface area contributed by atoms with Gasteiger partial charge >= 0.3 is 0 Å². The lowest BCUT2D eigenvalue weighted by molar-refractivity contribution is 0.100. The number of amides is 1. The van der Waals surface area contributed by atoms with Gasteiger partial charge in [-0.25, -0.2) is 0 Å². The van der Waals surface area contributed by atoms with Crippen molar-refractivity contribution in [2.24, 2.45) is 10.7 Å². The van der Waals surface area contributed by atoms with Gasteiger partial charge in [0.25, 0.3) is 5.91 Å². The Balaban J connectivity index is 1.90. The molecule has 0 radical (unpaired) electrons. The van der Waals surface area contributed by atoms with Gasteiger partial charge in [0.05, 0.1) is 17.8 Å². The second-order valence-electron chi connectivity index (χ2n) is 6.72. The molecular formula is C21H21N3O3. The Morgan fingerprint density at radius 3 is 2.85 bits per heavy atom. The molecule has 0 fully saturated rings. The maximum absolute atomic E-state index is 12.5. The fourth-order valence-corrected chi connectivity index (χ4v) is 3.21. The number of hydrogen-bond donors (Lipinski definition) is 2. The number of rotatable bonds is 4. The molecule has 1 aliphatic carbocycles. The summed E-state index contributed by atoms with van der Waals surface area (Å²) in [5, 5.41) is 19.3. The summed E-state index contributed by atoms with van der Waals surface area (Å²) in [5.41, 5.74) is 9.03. The molecule has 2 aromatic carbocycles. The van der Waals surface area contributed by atoms with Gasteiger partial charge in [0, 0.05) is 11.1 Å². The number of aliphatic imine (C=N–C) groups is 1. The van der Waals surface area contributed by atoms with E-state index in [9.17, 15) is 15.2 Å². The lowest BCUT2D eigenvalue weighted by atomic mass is 10.0. The number of carbonyl (C=O) groups is 1. The lowest BCUT2D eigenvalue weighted by Crippen LogP contribution is -2.18. The quantitative estimate of drug-likeness (QED) is 0.641. The van der Waals surface area contributed by atoms with Crippen molar-refractivity contribution < 1.29 is 14.6 Å². The number of benzene rings is 2. The van der Waals surface area contributed by atoms with Gasteiger partial charge in [-0.05, 0) is 56.0 Å². The van der Waals surface area contributed by atoms with Gasteiger partial charge in [0.2, 0.25) is 0 Å². The van der Waals surface area contributed by atoms with Crippen molar-refractivity contribution in [2.45, 2.75) is 38.9 Å². The number of carbonyl (C=O) groups excluding carboxylic acids is 1. The molecule has 0 aromatic heterocycles. The number of ether oxygens (including phenoxy) is 1. The monoisotopic (exact) mass is 363 g/mol. The third-order valence-corrected chi connectivity index (χ3v) is 4.45. The average Bonchev–Trinajstić information content (AvgIpc) is 3.02. The van der Waals surface area contributed by atoms with Crippen molar-refractivity contribution in [1.82, 2.24) is 0 Å². The normalized spacial score (nSPS) is 16.1. The fourth-order valence-electron chi connectivity index (χ4n) is 3.21. The Morgan fingerprint density at radius 1 is 1.37 bits per heavy atom. The molecule has 0 bridgehead atoms. The summed E-state index contributed by atoms with van der Waals surface area (Å²) in [6.07, 6.45) is 0.742. The summed E-state index contributed by atoms with van der Waals surface area (Å²) in [6.45, 7) is 3.72. The van der Waals surface area contributed by atoms with Gasteiger partial charge in [0.15, 0.2) is 0 Å². The second-order valence-corrected chi connectivity index (χ2v) is 6.72. The summed E-state index contributed by atoms with van der Waals surface area (Å²) >= 11 is 0. The van der Waals surface area contributed by atoms with E-state index in [-0.39, 0.29) is 23.1 Å². The van der Waals surface area contributed by atoms with Gasteiger partial charge in [0.1, 0.15) is 17.7 Å². The maximum atomic E-state index is 12.5. The molecule has 1 atom stereocenters. The van der Waals surface area contributed by atoms with Crippen molar-refractivity contribution in [3.05, 3.63) is 64.2 Å². The molecule has 1 unspecified atom stereocenters. The number of amidine groups is 1. The van der Waals surface area contributed by atoms with E-state index in [2.05, 4.69) is 4.99 Å². The minimum Gasteiger partial charge on any atom is -0.490 e. The smallest absolute Gasteiger partial charge is 0.278 e. The average molecular weight is 363 g/mol. The van der Waals surface area contributed by atoms with Gasteiger partial charge in [-0.1, -0.05) is 18.2 Å². The van der Waals surface area contributed by atoms with Crippen LogP contribution >= 0.6 is 0 Å². The highest BCUT2D eigenvalue weighted by atomic mass is 16.5. The summed E-state index contributed by atoms with van der Waals surface area (Å²) in [6, 6.07) is 12.1. The van der Waals surface area contributed by atoms with E-state index in [1.165, 1.54) is 6.07 Å². The molecule has 0 spiro atoms. The third kappa shape index (κ3) is 3.83. The minimum absolute atomic E-state index is 0.0807. The molecule has 0 aliphatic heterocycles. The molecule has 0 saturated carbocycles. The number of hydrogen-bond acceptors (Lipinski definition) is 4. The third-order valence-electron chi connectivity index (χ3n) is 4.45. The summed E-state index contributed by atoms with van der Waals surface area (Å²) in [4.78, 5) is 16.5. The van der Waals surface area contributed by atoms with Crippen molar-refractivity contribution in [3.63, 3.8) is 0 Å². The van der Waals surface area contributed by atoms with Crippen molar-refractivity contribution in [2.75, 3.05) is 0 Å². The first-order chi connectivity index (χ1) is 12.9. The first-order valence-electron chi connectivity index (χ1n) is 8.80. The zero-order valence-corrected chi connectivity index (χ0v) is 15.3. The highest BCUT2D eigenvalue weighted by molar-refractivity contribution is 6.09. The van der Waals surface area contributed by atoms with E-state index in [4.69, 9.17) is 10.5 Å². The molecule has 3 N–H and O–H groups in total.